The van der Waals surface area contributed by atoms with Crippen LogP contribution in [0.25, 0.3) is 0 Å². The lowest BCUT2D eigenvalue weighted by Crippen LogP contribution is -2.58. The maximum absolute atomic E-state index is 13.4. The van der Waals surface area contributed by atoms with E-state index in [9.17, 15) is 9.59 Å². The number of benzene rings is 2. The SMILES string of the molecule is COc1ccc(NC(=O)N2CCN(C(C(=O)NCCc3ccccc3OC)C3CCCC3)CC2)cc1. The summed E-state index contributed by atoms with van der Waals surface area (Å²) < 4.78 is 10.6. The zero-order valence-corrected chi connectivity index (χ0v) is 21.4. The Kier molecular flexibility index (Phi) is 9.06. The van der Waals surface area contributed by atoms with E-state index in [1.165, 1.54) is 12.8 Å². The molecule has 2 fully saturated rings. The Hall–Kier alpha value is -3.26. The van der Waals surface area contributed by atoms with Crippen LogP contribution in [-0.2, 0) is 11.2 Å². The number of carbonyl (C=O) groups excluding carboxylic acids is 2. The van der Waals surface area contributed by atoms with Gasteiger partial charge in [0.15, 0.2) is 0 Å². The first-order chi connectivity index (χ1) is 17.6. The van der Waals surface area contributed by atoms with E-state index in [4.69, 9.17) is 9.47 Å². The Balaban J connectivity index is 1.31. The molecule has 194 valence electrons. The van der Waals surface area contributed by atoms with Gasteiger partial charge >= 0.3 is 6.03 Å². The number of piperazine rings is 1. The van der Waals surface area contributed by atoms with Gasteiger partial charge in [0.1, 0.15) is 11.5 Å². The fourth-order valence-corrected chi connectivity index (χ4v) is 5.37. The third-order valence-corrected chi connectivity index (χ3v) is 7.34. The summed E-state index contributed by atoms with van der Waals surface area (Å²) in [6.45, 7) is 3.15. The molecule has 8 heteroatoms. The summed E-state index contributed by atoms with van der Waals surface area (Å²) in [6.07, 6.45) is 5.26. The molecule has 1 saturated heterocycles. The van der Waals surface area contributed by atoms with Crippen LogP contribution >= 0.6 is 0 Å². The average molecular weight is 495 g/mol. The van der Waals surface area contributed by atoms with Gasteiger partial charge in [0.05, 0.1) is 20.3 Å². The number of hydrogen-bond donors (Lipinski definition) is 2. The lowest BCUT2D eigenvalue weighted by Gasteiger charge is -2.40. The molecule has 1 saturated carbocycles. The molecule has 0 aromatic heterocycles. The van der Waals surface area contributed by atoms with Gasteiger partial charge in [-0.2, -0.15) is 0 Å². The smallest absolute Gasteiger partial charge is 0.321 e. The number of anilines is 1. The number of nitrogens with one attached hydrogen (secondary N) is 2. The van der Waals surface area contributed by atoms with Crippen molar-refractivity contribution in [2.45, 2.75) is 38.1 Å². The molecule has 4 rings (SSSR count). The Morgan fingerprint density at radius 1 is 0.944 bits per heavy atom. The van der Waals surface area contributed by atoms with Gasteiger partial charge < -0.3 is 25.0 Å². The van der Waals surface area contributed by atoms with Crippen molar-refractivity contribution in [3.05, 3.63) is 54.1 Å². The van der Waals surface area contributed by atoms with Crippen LogP contribution in [0.2, 0.25) is 0 Å². The number of hydrogen-bond acceptors (Lipinski definition) is 5. The highest BCUT2D eigenvalue weighted by Crippen LogP contribution is 2.31. The summed E-state index contributed by atoms with van der Waals surface area (Å²) in [7, 11) is 3.29. The van der Waals surface area contributed by atoms with Crippen molar-refractivity contribution in [2.24, 2.45) is 5.92 Å². The summed E-state index contributed by atoms with van der Waals surface area (Å²) in [6, 6.07) is 15.0. The second-order valence-corrected chi connectivity index (χ2v) is 9.52. The second-order valence-electron chi connectivity index (χ2n) is 9.52. The van der Waals surface area contributed by atoms with Gasteiger partial charge in [0, 0.05) is 38.4 Å². The van der Waals surface area contributed by atoms with Crippen molar-refractivity contribution in [1.29, 1.82) is 0 Å². The third kappa shape index (κ3) is 6.49. The Morgan fingerprint density at radius 3 is 2.31 bits per heavy atom. The fourth-order valence-electron chi connectivity index (χ4n) is 5.37. The molecule has 8 nitrogen and oxygen atoms in total. The lowest BCUT2D eigenvalue weighted by molar-refractivity contribution is -0.129. The Labute approximate surface area is 213 Å². The second kappa shape index (κ2) is 12.6. The third-order valence-electron chi connectivity index (χ3n) is 7.34. The van der Waals surface area contributed by atoms with Crippen LogP contribution in [0, 0.1) is 5.92 Å². The molecule has 1 aliphatic heterocycles. The van der Waals surface area contributed by atoms with Crippen LogP contribution < -0.4 is 20.1 Å². The molecule has 1 atom stereocenters. The summed E-state index contributed by atoms with van der Waals surface area (Å²) in [4.78, 5) is 30.3. The highest BCUT2D eigenvalue weighted by atomic mass is 16.5. The van der Waals surface area contributed by atoms with Crippen molar-refractivity contribution in [2.75, 3.05) is 52.3 Å². The molecule has 1 heterocycles. The first kappa shape index (κ1) is 25.8. The van der Waals surface area contributed by atoms with Gasteiger partial charge in [-0.25, -0.2) is 4.79 Å². The number of urea groups is 1. The Bertz CT molecular complexity index is 999. The van der Waals surface area contributed by atoms with Gasteiger partial charge in [-0.15, -0.1) is 0 Å². The number of para-hydroxylation sites is 1. The predicted octanol–water partition coefficient (Wildman–Crippen LogP) is 3.77. The number of rotatable bonds is 9. The summed E-state index contributed by atoms with van der Waals surface area (Å²) in [5.74, 6) is 2.08. The van der Waals surface area contributed by atoms with Crippen LogP contribution in [0.15, 0.2) is 48.5 Å². The zero-order chi connectivity index (χ0) is 25.3. The normalized spacial score (nSPS) is 17.4. The quantitative estimate of drug-likeness (QED) is 0.555. The van der Waals surface area contributed by atoms with Gasteiger partial charge in [0.2, 0.25) is 5.91 Å². The molecular formula is C28H38N4O4. The molecule has 2 N–H and O–H groups in total. The lowest BCUT2D eigenvalue weighted by atomic mass is 9.95. The largest absolute Gasteiger partial charge is 0.497 e. The molecule has 36 heavy (non-hydrogen) atoms. The molecule has 0 radical (unpaired) electrons. The molecule has 2 aromatic carbocycles. The predicted molar refractivity (Wildman–Crippen MR) is 141 cm³/mol. The highest BCUT2D eigenvalue weighted by molar-refractivity contribution is 5.89. The van der Waals surface area contributed by atoms with Crippen LogP contribution in [0.5, 0.6) is 11.5 Å². The zero-order valence-electron chi connectivity index (χ0n) is 21.4. The average Bonchev–Trinajstić information content (AvgIpc) is 3.44. The van der Waals surface area contributed by atoms with E-state index in [1.807, 2.05) is 53.4 Å². The molecule has 2 aromatic rings. The summed E-state index contributed by atoms with van der Waals surface area (Å²) >= 11 is 0. The van der Waals surface area contributed by atoms with Crippen molar-refractivity contribution in [3.63, 3.8) is 0 Å². The first-order valence-corrected chi connectivity index (χ1v) is 12.9. The number of nitrogens with zero attached hydrogens (tertiary/aromatic N) is 2. The molecular weight excluding hydrogens is 456 g/mol. The standard InChI is InChI=1S/C28H38N4O4/c1-35-24-13-11-23(12-14-24)30-28(34)32-19-17-31(18-20-32)26(22-8-3-4-9-22)27(33)29-16-15-21-7-5-6-10-25(21)36-2/h5-7,10-14,22,26H,3-4,8-9,15-20H2,1-2H3,(H,29,33)(H,30,34). The van der Waals surface area contributed by atoms with Crippen molar-refractivity contribution in [3.8, 4) is 11.5 Å². The summed E-state index contributed by atoms with van der Waals surface area (Å²) in [5.41, 5.74) is 1.83. The van der Waals surface area contributed by atoms with Crippen molar-refractivity contribution < 1.29 is 19.1 Å². The molecule has 2 aliphatic rings. The van der Waals surface area contributed by atoms with Crippen LogP contribution in [0.3, 0.4) is 0 Å². The minimum atomic E-state index is -0.142. The number of carbonyl (C=O) groups is 2. The molecule has 3 amide bonds. The molecule has 1 unspecified atom stereocenters. The van der Waals surface area contributed by atoms with Crippen LogP contribution in [-0.4, -0.2) is 74.7 Å². The van der Waals surface area contributed by atoms with E-state index in [1.54, 1.807) is 14.2 Å². The number of amides is 3. The molecule has 0 bridgehead atoms. The van der Waals surface area contributed by atoms with Crippen molar-refractivity contribution in [1.82, 2.24) is 15.1 Å². The van der Waals surface area contributed by atoms with E-state index in [0.29, 0.717) is 38.6 Å². The molecule has 1 aliphatic carbocycles. The minimum Gasteiger partial charge on any atom is -0.497 e. The van der Waals surface area contributed by atoms with E-state index >= 15 is 0 Å². The maximum Gasteiger partial charge on any atom is 0.321 e. The summed E-state index contributed by atoms with van der Waals surface area (Å²) in [5, 5.41) is 6.15. The monoisotopic (exact) mass is 494 g/mol. The highest BCUT2D eigenvalue weighted by Gasteiger charge is 2.37. The fraction of sp³-hybridized carbons (Fsp3) is 0.500. The number of methoxy groups -OCH3 is 2. The van der Waals surface area contributed by atoms with Crippen LogP contribution in [0.4, 0.5) is 10.5 Å². The van der Waals surface area contributed by atoms with Gasteiger partial charge in [-0.1, -0.05) is 31.0 Å². The van der Waals surface area contributed by atoms with E-state index in [0.717, 1.165) is 42.0 Å². The number of ether oxygens (including phenoxy) is 2. The maximum atomic E-state index is 13.4. The van der Waals surface area contributed by atoms with E-state index in [2.05, 4.69) is 15.5 Å². The van der Waals surface area contributed by atoms with Gasteiger partial charge in [-0.3, -0.25) is 9.69 Å². The van der Waals surface area contributed by atoms with Gasteiger partial charge in [-0.05, 0) is 61.1 Å². The Morgan fingerprint density at radius 2 is 1.64 bits per heavy atom. The van der Waals surface area contributed by atoms with Crippen LogP contribution in [0.1, 0.15) is 31.2 Å². The first-order valence-electron chi connectivity index (χ1n) is 12.9. The van der Waals surface area contributed by atoms with Gasteiger partial charge in [0.25, 0.3) is 0 Å². The minimum absolute atomic E-state index is 0.105. The van der Waals surface area contributed by atoms with E-state index < -0.39 is 0 Å². The molecule has 0 spiro atoms. The van der Waals surface area contributed by atoms with Crippen molar-refractivity contribution >= 4 is 17.6 Å². The van der Waals surface area contributed by atoms with E-state index in [-0.39, 0.29) is 18.0 Å². The topological polar surface area (TPSA) is 83.1 Å².